The molecule has 9 nitrogen and oxygen atoms in total. The molecule has 10 heteroatoms. The summed E-state index contributed by atoms with van der Waals surface area (Å²) in [6, 6.07) is 0. The molecular formula is C18H31N5O4S. The number of hydrogen-bond acceptors (Lipinski definition) is 5. The highest BCUT2D eigenvalue weighted by Crippen LogP contribution is 2.28. The van der Waals surface area contributed by atoms with E-state index in [1.807, 2.05) is 20.8 Å². The van der Waals surface area contributed by atoms with Crippen molar-refractivity contribution in [2.24, 2.45) is 5.92 Å². The maximum Gasteiger partial charge on any atom is 0.246 e. The number of carbonyl (C=O) groups excluding carboxylic acids is 2. The normalized spacial score (nSPS) is 18.7. The molecular weight excluding hydrogens is 382 g/mol. The molecule has 1 atom stereocenters. The number of aryl methyl sites for hydroxylation is 1. The van der Waals surface area contributed by atoms with Gasteiger partial charge >= 0.3 is 0 Å². The van der Waals surface area contributed by atoms with E-state index in [0.717, 1.165) is 0 Å². The monoisotopic (exact) mass is 413 g/mol. The zero-order chi connectivity index (χ0) is 21.3. The number of nitrogens with one attached hydrogen (secondary N) is 2. The van der Waals surface area contributed by atoms with Gasteiger partial charge in [-0.05, 0) is 47.5 Å². The highest BCUT2D eigenvalue weighted by atomic mass is 32.2. The lowest BCUT2D eigenvalue weighted by molar-refractivity contribution is -0.125. The van der Waals surface area contributed by atoms with Crippen molar-refractivity contribution in [1.29, 1.82) is 0 Å². The van der Waals surface area contributed by atoms with E-state index < -0.39 is 10.0 Å². The summed E-state index contributed by atoms with van der Waals surface area (Å²) < 4.78 is 29.3. The lowest BCUT2D eigenvalue weighted by Gasteiger charge is -2.31. The molecule has 0 aliphatic carbocycles. The molecule has 1 saturated heterocycles. The van der Waals surface area contributed by atoms with Gasteiger partial charge in [0, 0.05) is 25.7 Å². The van der Waals surface area contributed by atoms with Crippen molar-refractivity contribution >= 4 is 21.8 Å². The SMILES string of the molecule is CNC(=O)C1CCCN(S(=O)(=O)c2c(C)nn(CC(=O)NC(C)(C)C)c2C)C1. The first-order chi connectivity index (χ1) is 12.9. The van der Waals surface area contributed by atoms with Crippen LogP contribution in [0.25, 0.3) is 0 Å². The van der Waals surface area contributed by atoms with E-state index in [9.17, 15) is 18.0 Å². The minimum atomic E-state index is -3.81. The minimum absolute atomic E-state index is 0.0552. The molecule has 0 saturated carbocycles. The molecule has 0 bridgehead atoms. The van der Waals surface area contributed by atoms with Crippen molar-refractivity contribution in [1.82, 2.24) is 24.7 Å². The molecule has 0 spiro atoms. The Morgan fingerprint density at radius 3 is 2.46 bits per heavy atom. The number of amides is 2. The summed E-state index contributed by atoms with van der Waals surface area (Å²) in [6.45, 7) is 9.36. The fourth-order valence-corrected chi connectivity index (χ4v) is 5.41. The predicted molar refractivity (Wildman–Crippen MR) is 105 cm³/mol. The van der Waals surface area contributed by atoms with Gasteiger partial charge < -0.3 is 10.6 Å². The number of hydrogen-bond donors (Lipinski definition) is 2. The topological polar surface area (TPSA) is 113 Å². The molecule has 1 aromatic rings. The number of rotatable bonds is 5. The second-order valence-electron chi connectivity index (χ2n) is 8.27. The first-order valence-electron chi connectivity index (χ1n) is 9.43. The Hall–Kier alpha value is -1.94. The standard InChI is InChI=1S/C18H31N5O4S/c1-12-16(13(2)23(21-12)11-15(24)20-18(3,4)5)28(26,27)22-9-7-8-14(10-22)17(25)19-6/h14H,7-11H2,1-6H3,(H,19,25)(H,20,24). The molecule has 1 fully saturated rings. The van der Waals surface area contributed by atoms with E-state index in [-0.39, 0.29) is 41.3 Å². The first-order valence-corrected chi connectivity index (χ1v) is 10.9. The maximum absolute atomic E-state index is 13.3. The quantitative estimate of drug-likeness (QED) is 0.732. The fraction of sp³-hybridized carbons (Fsp3) is 0.722. The zero-order valence-electron chi connectivity index (χ0n) is 17.5. The second kappa shape index (κ2) is 8.20. The maximum atomic E-state index is 13.3. The molecule has 2 rings (SSSR count). The van der Waals surface area contributed by atoms with Gasteiger partial charge in [0.2, 0.25) is 21.8 Å². The summed E-state index contributed by atoms with van der Waals surface area (Å²) in [6.07, 6.45) is 1.29. The van der Waals surface area contributed by atoms with Gasteiger partial charge in [0.15, 0.2) is 0 Å². The summed E-state index contributed by atoms with van der Waals surface area (Å²) in [7, 11) is -2.26. The number of sulfonamides is 1. The van der Waals surface area contributed by atoms with Crippen LogP contribution < -0.4 is 10.6 Å². The molecule has 0 radical (unpaired) electrons. The van der Waals surface area contributed by atoms with Crippen LogP contribution >= 0.6 is 0 Å². The van der Waals surface area contributed by atoms with Crippen molar-refractivity contribution in [3.63, 3.8) is 0 Å². The van der Waals surface area contributed by atoms with Crippen molar-refractivity contribution in [2.75, 3.05) is 20.1 Å². The third-order valence-electron chi connectivity index (χ3n) is 4.72. The summed E-state index contributed by atoms with van der Waals surface area (Å²) in [5.74, 6) is -0.746. The van der Waals surface area contributed by atoms with Gasteiger partial charge in [-0.25, -0.2) is 8.42 Å². The van der Waals surface area contributed by atoms with E-state index in [1.165, 1.54) is 8.99 Å². The van der Waals surface area contributed by atoms with Crippen LogP contribution in [0.1, 0.15) is 45.0 Å². The molecule has 2 N–H and O–H groups in total. The third kappa shape index (κ3) is 4.91. The first kappa shape index (κ1) is 22.4. The van der Waals surface area contributed by atoms with Crippen LogP contribution in [0.2, 0.25) is 0 Å². The third-order valence-corrected chi connectivity index (χ3v) is 6.84. The van der Waals surface area contributed by atoms with Gasteiger partial charge in [-0.2, -0.15) is 9.40 Å². The van der Waals surface area contributed by atoms with Crippen molar-refractivity contribution in [3.05, 3.63) is 11.4 Å². The summed E-state index contributed by atoms with van der Waals surface area (Å²) in [4.78, 5) is 24.3. The highest BCUT2D eigenvalue weighted by Gasteiger charge is 2.36. The molecule has 2 heterocycles. The Balaban J connectivity index is 2.28. The van der Waals surface area contributed by atoms with Crippen LogP contribution in [-0.4, -0.2) is 60.0 Å². The lowest BCUT2D eigenvalue weighted by atomic mass is 9.99. The van der Waals surface area contributed by atoms with Crippen LogP contribution in [0.15, 0.2) is 4.90 Å². The van der Waals surface area contributed by atoms with E-state index in [2.05, 4.69) is 15.7 Å². The van der Waals surface area contributed by atoms with Crippen molar-refractivity contribution < 1.29 is 18.0 Å². The molecule has 158 valence electrons. The Labute approximate surface area is 166 Å². The van der Waals surface area contributed by atoms with Gasteiger partial charge in [-0.1, -0.05) is 0 Å². The van der Waals surface area contributed by atoms with Gasteiger partial charge in [0.05, 0.1) is 17.3 Å². The van der Waals surface area contributed by atoms with Gasteiger partial charge in [-0.15, -0.1) is 0 Å². The molecule has 1 aliphatic rings. The minimum Gasteiger partial charge on any atom is -0.359 e. The zero-order valence-corrected chi connectivity index (χ0v) is 18.3. The predicted octanol–water partition coefficient (Wildman–Crippen LogP) is 0.561. The van der Waals surface area contributed by atoms with Crippen LogP contribution in [-0.2, 0) is 26.2 Å². The Bertz CT molecular complexity index is 854. The summed E-state index contributed by atoms with van der Waals surface area (Å²) >= 11 is 0. The molecule has 28 heavy (non-hydrogen) atoms. The van der Waals surface area contributed by atoms with Crippen LogP contribution in [0.3, 0.4) is 0 Å². The molecule has 1 aromatic heterocycles. The van der Waals surface area contributed by atoms with Gasteiger partial charge in [-0.3, -0.25) is 14.3 Å². The van der Waals surface area contributed by atoms with Crippen LogP contribution in [0.4, 0.5) is 0 Å². The molecule has 1 unspecified atom stereocenters. The van der Waals surface area contributed by atoms with Crippen molar-refractivity contribution in [3.8, 4) is 0 Å². The average molecular weight is 414 g/mol. The molecule has 2 amide bonds. The highest BCUT2D eigenvalue weighted by molar-refractivity contribution is 7.89. The van der Waals surface area contributed by atoms with E-state index in [0.29, 0.717) is 30.8 Å². The summed E-state index contributed by atoms with van der Waals surface area (Å²) in [5.41, 5.74) is 0.386. The van der Waals surface area contributed by atoms with E-state index in [4.69, 9.17) is 0 Å². The fourth-order valence-electron chi connectivity index (χ4n) is 3.51. The summed E-state index contributed by atoms with van der Waals surface area (Å²) in [5, 5.41) is 9.72. The lowest BCUT2D eigenvalue weighted by Crippen LogP contribution is -2.45. The van der Waals surface area contributed by atoms with Gasteiger partial charge in [0.25, 0.3) is 0 Å². The number of piperidine rings is 1. The Morgan fingerprint density at radius 2 is 1.89 bits per heavy atom. The van der Waals surface area contributed by atoms with E-state index >= 15 is 0 Å². The largest absolute Gasteiger partial charge is 0.359 e. The molecule has 0 aromatic carbocycles. The van der Waals surface area contributed by atoms with E-state index in [1.54, 1.807) is 20.9 Å². The average Bonchev–Trinajstić information content (AvgIpc) is 2.86. The van der Waals surface area contributed by atoms with Crippen LogP contribution in [0, 0.1) is 19.8 Å². The smallest absolute Gasteiger partial charge is 0.246 e. The number of nitrogens with zero attached hydrogens (tertiary/aromatic N) is 3. The van der Waals surface area contributed by atoms with Crippen LogP contribution in [0.5, 0.6) is 0 Å². The second-order valence-corrected chi connectivity index (χ2v) is 10.1. The Morgan fingerprint density at radius 1 is 1.25 bits per heavy atom. The Kier molecular flexibility index (Phi) is 6.55. The van der Waals surface area contributed by atoms with Gasteiger partial charge in [0.1, 0.15) is 11.4 Å². The molecule has 1 aliphatic heterocycles. The number of aromatic nitrogens is 2. The number of carbonyl (C=O) groups is 2. The van der Waals surface area contributed by atoms with Crippen molar-refractivity contribution in [2.45, 2.75) is 64.4 Å².